The zero-order valence-electron chi connectivity index (χ0n) is 11.8. The molecule has 2 aliphatic heterocycles. The van der Waals surface area contributed by atoms with Gasteiger partial charge in [0.15, 0.2) is 0 Å². The van der Waals surface area contributed by atoms with Gasteiger partial charge in [-0.15, -0.1) is 0 Å². The highest BCUT2D eigenvalue weighted by molar-refractivity contribution is 7.89. The maximum atomic E-state index is 12.1. The second-order valence-electron chi connectivity index (χ2n) is 5.41. The number of hydrogen-bond acceptors (Lipinski definition) is 5. The molecule has 0 bridgehead atoms. The molecule has 1 aromatic rings. The van der Waals surface area contributed by atoms with Crippen LogP contribution >= 0.6 is 0 Å². The van der Waals surface area contributed by atoms with Gasteiger partial charge in [0.2, 0.25) is 10.0 Å². The van der Waals surface area contributed by atoms with E-state index < -0.39 is 10.0 Å². The summed E-state index contributed by atoms with van der Waals surface area (Å²) < 4.78 is 30.8. The van der Waals surface area contributed by atoms with E-state index in [0.717, 1.165) is 16.7 Å². The van der Waals surface area contributed by atoms with Crippen molar-refractivity contribution in [1.82, 2.24) is 4.31 Å². The molecule has 6 nitrogen and oxygen atoms in total. The number of benzene rings is 1. The molecule has 0 aliphatic carbocycles. The Morgan fingerprint density at radius 1 is 1.43 bits per heavy atom. The van der Waals surface area contributed by atoms with Crippen LogP contribution in [0.25, 0.3) is 0 Å². The molecule has 1 atom stereocenters. The summed E-state index contributed by atoms with van der Waals surface area (Å²) in [5.74, 6) is -0.146. The van der Waals surface area contributed by atoms with Crippen molar-refractivity contribution in [2.24, 2.45) is 5.73 Å². The number of rotatable bonds is 3. The van der Waals surface area contributed by atoms with E-state index in [2.05, 4.69) is 0 Å². The fourth-order valence-corrected chi connectivity index (χ4v) is 4.86. The summed E-state index contributed by atoms with van der Waals surface area (Å²) in [6.45, 7) is 2.85. The van der Waals surface area contributed by atoms with Crippen LogP contribution in [0, 0.1) is 6.92 Å². The van der Waals surface area contributed by atoms with E-state index in [9.17, 15) is 13.2 Å². The lowest BCUT2D eigenvalue weighted by Gasteiger charge is -2.27. The molecule has 1 saturated heterocycles. The van der Waals surface area contributed by atoms with Crippen molar-refractivity contribution in [3.8, 4) is 0 Å². The first kappa shape index (κ1) is 14.5. The Bertz CT molecular complexity index is 699. The minimum atomic E-state index is -3.23. The largest absolute Gasteiger partial charge is 0.457 e. The summed E-state index contributed by atoms with van der Waals surface area (Å²) in [5, 5.41) is 0. The number of esters is 1. The number of hydrogen-bond donors (Lipinski definition) is 1. The molecule has 0 amide bonds. The number of fused-ring (bicyclic) bond motifs is 1. The SMILES string of the molecule is Cc1c(C(CN)N2CCCS2(=O)=O)ccc2c1COC2=O. The number of carbonyl (C=O) groups is 1. The van der Waals surface area contributed by atoms with Crippen LogP contribution in [0.5, 0.6) is 0 Å². The van der Waals surface area contributed by atoms with Gasteiger partial charge in [-0.05, 0) is 30.5 Å². The van der Waals surface area contributed by atoms with Crippen molar-refractivity contribution in [2.75, 3.05) is 18.8 Å². The molecule has 0 radical (unpaired) electrons. The Morgan fingerprint density at radius 3 is 2.81 bits per heavy atom. The average Bonchev–Trinajstić information content (AvgIpc) is 2.98. The zero-order chi connectivity index (χ0) is 15.2. The summed E-state index contributed by atoms with van der Waals surface area (Å²) >= 11 is 0. The molecule has 21 heavy (non-hydrogen) atoms. The Morgan fingerprint density at radius 2 is 2.19 bits per heavy atom. The van der Waals surface area contributed by atoms with Crippen molar-refractivity contribution in [3.63, 3.8) is 0 Å². The molecule has 3 rings (SSSR count). The van der Waals surface area contributed by atoms with Crippen LogP contribution < -0.4 is 5.73 Å². The van der Waals surface area contributed by atoms with Crippen LogP contribution in [0.2, 0.25) is 0 Å². The smallest absolute Gasteiger partial charge is 0.338 e. The van der Waals surface area contributed by atoms with Gasteiger partial charge in [-0.3, -0.25) is 0 Å². The third-order valence-corrected chi connectivity index (χ3v) is 6.23. The molecule has 114 valence electrons. The van der Waals surface area contributed by atoms with Gasteiger partial charge in [0.05, 0.1) is 17.4 Å². The van der Waals surface area contributed by atoms with Crippen LogP contribution in [0.15, 0.2) is 12.1 Å². The van der Waals surface area contributed by atoms with Crippen LogP contribution in [0.4, 0.5) is 0 Å². The Hall–Kier alpha value is -1.44. The Labute approximate surface area is 123 Å². The Kier molecular flexibility index (Phi) is 3.51. The van der Waals surface area contributed by atoms with E-state index in [4.69, 9.17) is 10.5 Å². The van der Waals surface area contributed by atoms with Gasteiger partial charge in [0, 0.05) is 18.7 Å². The van der Waals surface area contributed by atoms with Crippen molar-refractivity contribution in [3.05, 3.63) is 34.4 Å². The predicted molar refractivity (Wildman–Crippen MR) is 77.2 cm³/mol. The van der Waals surface area contributed by atoms with Crippen LogP contribution in [-0.4, -0.2) is 37.5 Å². The minimum Gasteiger partial charge on any atom is -0.457 e. The number of nitrogens with zero attached hydrogens (tertiary/aromatic N) is 1. The summed E-state index contributed by atoms with van der Waals surface area (Å²) in [6.07, 6.45) is 0.629. The van der Waals surface area contributed by atoms with Gasteiger partial charge in [-0.1, -0.05) is 6.07 Å². The Balaban J connectivity index is 2.05. The molecular formula is C14H18N2O4S. The molecule has 7 heteroatoms. The van der Waals surface area contributed by atoms with Crippen molar-refractivity contribution >= 4 is 16.0 Å². The monoisotopic (exact) mass is 310 g/mol. The molecule has 0 saturated carbocycles. The van der Waals surface area contributed by atoms with Crippen molar-refractivity contribution < 1.29 is 17.9 Å². The van der Waals surface area contributed by atoms with E-state index in [1.165, 1.54) is 4.31 Å². The third-order valence-electron chi connectivity index (χ3n) is 4.28. The molecule has 1 aromatic carbocycles. The van der Waals surface area contributed by atoms with Gasteiger partial charge in [0.1, 0.15) is 6.61 Å². The van der Waals surface area contributed by atoms with Gasteiger partial charge in [0.25, 0.3) is 0 Å². The summed E-state index contributed by atoms with van der Waals surface area (Å²) in [6, 6.07) is 3.13. The lowest BCUT2D eigenvalue weighted by Crippen LogP contribution is -2.35. The molecule has 0 aromatic heterocycles. The predicted octanol–water partition coefficient (Wildman–Crippen LogP) is 0.701. The average molecular weight is 310 g/mol. The molecule has 1 unspecified atom stereocenters. The van der Waals surface area contributed by atoms with Crippen molar-refractivity contribution in [2.45, 2.75) is 26.0 Å². The first-order valence-electron chi connectivity index (χ1n) is 6.95. The molecule has 2 N–H and O–H groups in total. The summed E-state index contributed by atoms with van der Waals surface area (Å²) in [4.78, 5) is 11.6. The van der Waals surface area contributed by atoms with Gasteiger partial charge >= 0.3 is 5.97 Å². The standard InChI is InChI=1S/C14H18N2O4S/c1-9-10(3-4-11-12(9)8-20-14(11)17)13(7-15)16-5-2-6-21(16,18)19/h3-4,13H,2,5-8,15H2,1H3. The molecule has 0 spiro atoms. The van der Waals surface area contributed by atoms with E-state index >= 15 is 0 Å². The highest BCUT2D eigenvalue weighted by Crippen LogP contribution is 2.33. The van der Waals surface area contributed by atoms with Gasteiger partial charge in [-0.2, -0.15) is 4.31 Å². The van der Waals surface area contributed by atoms with Crippen molar-refractivity contribution in [1.29, 1.82) is 0 Å². The molecular weight excluding hydrogens is 292 g/mol. The second kappa shape index (κ2) is 5.08. The van der Waals surface area contributed by atoms with E-state index in [-0.39, 0.29) is 30.9 Å². The normalized spacial score (nSPS) is 22.1. The van der Waals surface area contributed by atoms with E-state index in [1.54, 1.807) is 12.1 Å². The second-order valence-corrected chi connectivity index (χ2v) is 7.45. The third kappa shape index (κ3) is 2.25. The van der Waals surface area contributed by atoms with Crippen LogP contribution in [0.1, 0.15) is 39.5 Å². The number of sulfonamides is 1. The quantitative estimate of drug-likeness (QED) is 0.830. The molecule has 1 fully saturated rings. The van der Waals surface area contributed by atoms with Gasteiger partial charge < -0.3 is 10.5 Å². The number of ether oxygens (including phenoxy) is 1. The highest BCUT2D eigenvalue weighted by Gasteiger charge is 2.36. The van der Waals surface area contributed by atoms with Gasteiger partial charge in [-0.25, -0.2) is 13.2 Å². The lowest BCUT2D eigenvalue weighted by atomic mass is 9.94. The topological polar surface area (TPSA) is 89.7 Å². The fourth-order valence-electron chi connectivity index (χ4n) is 3.14. The van der Waals surface area contributed by atoms with E-state index in [1.807, 2.05) is 6.92 Å². The minimum absolute atomic E-state index is 0.176. The van der Waals surface area contributed by atoms with Crippen LogP contribution in [-0.2, 0) is 21.4 Å². The first-order chi connectivity index (χ1) is 9.95. The van der Waals surface area contributed by atoms with Crippen LogP contribution in [0.3, 0.4) is 0 Å². The highest BCUT2D eigenvalue weighted by atomic mass is 32.2. The van der Waals surface area contributed by atoms with E-state index in [0.29, 0.717) is 18.5 Å². The molecule has 2 aliphatic rings. The lowest BCUT2D eigenvalue weighted by molar-refractivity contribution is 0.0535. The molecule has 2 heterocycles. The number of nitrogens with two attached hydrogens (primary N) is 1. The maximum Gasteiger partial charge on any atom is 0.338 e. The zero-order valence-corrected chi connectivity index (χ0v) is 12.6. The summed E-state index contributed by atoms with van der Waals surface area (Å²) in [7, 11) is -3.23. The maximum absolute atomic E-state index is 12.1. The number of cyclic esters (lactones) is 1. The fraction of sp³-hybridized carbons (Fsp3) is 0.500. The first-order valence-corrected chi connectivity index (χ1v) is 8.55. The summed E-state index contributed by atoms with van der Waals surface area (Å²) in [5.41, 5.74) is 9.01. The number of carbonyl (C=O) groups excluding carboxylic acids is 1.